The zero-order chi connectivity index (χ0) is 12.1. The van der Waals surface area contributed by atoms with E-state index in [2.05, 4.69) is 12.2 Å². The highest BCUT2D eigenvalue weighted by atomic mass is 16.2. The highest BCUT2D eigenvalue weighted by Crippen LogP contribution is 2.20. The van der Waals surface area contributed by atoms with Crippen LogP contribution < -0.4 is 5.32 Å². The lowest BCUT2D eigenvalue weighted by molar-refractivity contribution is -0.138. The molecule has 1 aliphatic heterocycles. The van der Waals surface area contributed by atoms with Gasteiger partial charge in [-0.15, -0.1) is 0 Å². The third-order valence-electron chi connectivity index (χ3n) is 3.17. The number of carbonyl (C=O) groups is 2. The van der Waals surface area contributed by atoms with E-state index in [1.807, 2.05) is 4.90 Å². The van der Waals surface area contributed by atoms with E-state index in [9.17, 15) is 9.59 Å². The van der Waals surface area contributed by atoms with Crippen LogP contribution in [0.4, 0.5) is 0 Å². The molecule has 0 bridgehead atoms. The van der Waals surface area contributed by atoms with Crippen molar-refractivity contribution in [1.82, 2.24) is 10.2 Å². The molecule has 16 heavy (non-hydrogen) atoms. The first-order chi connectivity index (χ1) is 7.56. The Kier molecular flexibility index (Phi) is 4.77. The van der Waals surface area contributed by atoms with Gasteiger partial charge in [0.2, 0.25) is 11.8 Å². The summed E-state index contributed by atoms with van der Waals surface area (Å²) in [5.41, 5.74) is 0. The van der Waals surface area contributed by atoms with Gasteiger partial charge >= 0.3 is 0 Å². The summed E-state index contributed by atoms with van der Waals surface area (Å²) in [6, 6.07) is -0.0397. The first kappa shape index (κ1) is 13.0. The molecule has 2 amide bonds. The number of likely N-dealkylation sites (tertiary alicyclic amines) is 1. The molecule has 0 aromatic rings. The second kappa shape index (κ2) is 5.87. The van der Waals surface area contributed by atoms with Crippen LogP contribution in [0.5, 0.6) is 0 Å². The van der Waals surface area contributed by atoms with Crippen molar-refractivity contribution in [3.8, 4) is 0 Å². The molecule has 1 N–H and O–H groups in total. The van der Waals surface area contributed by atoms with E-state index in [0.29, 0.717) is 6.04 Å². The summed E-state index contributed by atoms with van der Waals surface area (Å²) in [7, 11) is 0. The Balaban J connectivity index is 2.59. The summed E-state index contributed by atoms with van der Waals surface area (Å²) in [6.45, 7) is 6.14. The monoisotopic (exact) mass is 226 g/mol. The minimum Gasteiger partial charge on any atom is -0.345 e. The molecule has 0 aromatic carbocycles. The average Bonchev–Trinajstić information content (AvgIpc) is 2.27. The summed E-state index contributed by atoms with van der Waals surface area (Å²) >= 11 is 0. The summed E-state index contributed by atoms with van der Waals surface area (Å²) < 4.78 is 0. The topological polar surface area (TPSA) is 49.4 Å². The predicted molar refractivity (Wildman–Crippen MR) is 62.9 cm³/mol. The van der Waals surface area contributed by atoms with Crippen molar-refractivity contribution in [2.45, 2.75) is 58.5 Å². The van der Waals surface area contributed by atoms with Crippen molar-refractivity contribution in [3.05, 3.63) is 0 Å². The first-order valence-corrected chi connectivity index (χ1v) is 6.13. The molecule has 0 radical (unpaired) electrons. The highest BCUT2D eigenvalue weighted by Gasteiger charge is 2.28. The zero-order valence-electron chi connectivity index (χ0n) is 10.5. The van der Waals surface area contributed by atoms with E-state index < -0.39 is 6.04 Å². The van der Waals surface area contributed by atoms with Crippen molar-refractivity contribution in [2.24, 2.45) is 0 Å². The van der Waals surface area contributed by atoms with Crippen LogP contribution >= 0.6 is 0 Å². The Morgan fingerprint density at radius 2 is 2.12 bits per heavy atom. The van der Waals surface area contributed by atoms with E-state index in [4.69, 9.17) is 0 Å². The van der Waals surface area contributed by atoms with E-state index >= 15 is 0 Å². The molecule has 1 aliphatic rings. The van der Waals surface area contributed by atoms with Crippen LogP contribution in [-0.4, -0.2) is 35.3 Å². The third-order valence-corrected chi connectivity index (χ3v) is 3.17. The second-order valence-corrected chi connectivity index (χ2v) is 4.51. The van der Waals surface area contributed by atoms with Crippen molar-refractivity contribution in [2.75, 3.05) is 6.54 Å². The van der Waals surface area contributed by atoms with Crippen LogP contribution in [-0.2, 0) is 9.59 Å². The maximum atomic E-state index is 12.1. The summed E-state index contributed by atoms with van der Waals surface area (Å²) in [5, 5.41) is 2.65. The molecule has 2 unspecified atom stereocenters. The van der Waals surface area contributed by atoms with Crippen LogP contribution in [0, 0.1) is 0 Å². The molecular weight excluding hydrogens is 204 g/mol. The molecule has 92 valence electrons. The fourth-order valence-corrected chi connectivity index (χ4v) is 2.33. The van der Waals surface area contributed by atoms with Crippen molar-refractivity contribution in [1.29, 1.82) is 0 Å². The lowest BCUT2D eigenvalue weighted by Gasteiger charge is -2.36. The standard InChI is InChI=1S/C12H22N2O2/c1-4-11-7-5-6-8-14(11)12(16)9(2)13-10(3)15/h9,11H,4-8H2,1-3H3,(H,13,15). The zero-order valence-corrected chi connectivity index (χ0v) is 10.5. The Morgan fingerprint density at radius 3 is 2.69 bits per heavy atom. The SMILES string of the molecule is CCC1CCCCN1C(=O)C(C)NC(C)=O. The Labute approximate surface area is 97.4 Å². The number of hydrogen-bond acceptors (Lipinski definition) is 2. The van der Waals surface area contributed by atoms with E-state index in [-0.39, 0.29) is 11.8 Å². The average molecular weight is 226 g/mol. The smallest absolute Gasteiger partial charge is 0.245 e. The molecule has 0 aromatic heterocycles. The Hall–Kier alpha value is -1.06. The number of hydrogen-bond donors (Lipinski definition) is 1. The summed E-state index contributed by atoms with van der Waals surface area (Å²) in [4.78, 5) is 25.0. The van der Waals surface area contributed by atoms with Gasteiger partial charge in [-0.05, 0) is 32.6 Å². The number of nitrogens with one attached hydrogen (secondary N) is 1. The van der Waals surface area contributed by atoms with Gasteiger partial charge in [0, 0.05) is 19.5 Å². The molecule has 0 spiro atoms. The van der Waals surface area contributed by atoms with Crippen LogP contribution in [0.25, 0.3) is 0 Å². The van der Waals surface area contributed by atoms with Gasteiger partial charge in [-0.2, -0.15) is 0 Å². The lowest BCUT2D eigenvalue weighted by Crippen LogP contribution is -2.51. The predicted octanol–water partition coefficient (Wildman–Crippen LogP) is 1.30. The number of rotatable bonds is 3. The Bertz CT molecular complexity index is 266. The molecular formula is C12H22N2O2. The van der Waals surface area contributed by atoms with E-state index in [1.54, 1.807) is 6.92 Å². The molecule has 1 heterocycles. The van der Waals surface area contributed by atoms with Gasteiger partial charge in [0.15, 0.2) is 0 Å². The number of carbonyl (C=O) groups excluding carboxylic acids is 2. The molecule has 4 nitrogen and oxygen atoms in total. The van der Waals surface area contributed by atoms with Gasteiger partial charge in [-0.1, -0.05) is 6.92 Å². The minimum atomic E-state index is -0.398. The molecule has 4 heteroatoms. The first-order valence-electron chi connectivity index (χ1n) is 6.13. The maximum Gasteiger partial charge on any atom is 0.245 e. The normalized spacial score (nSPS) is 22.7. The fourth-order valence-electron chi connectivity index (χ4n) is 2.33. The van der Waals surface area contributed by atoms with Crippen molar-refractivity contribution < 1.29 is 9.59 Å². The van der Waals surface area contributed by atoms with Gasteiger partial charge in [-0.3, -0.25) is 9.59 Å². The maximum absolute atomic E-state index is 12.1. The number of piperidine rings is 1. The van der Waals surface area contributed by atoms with Crippen LogP contribution in [0.1, 0.15) is 46.5 Å². The van der Waals surface area contributed by atoms with Gasteiger partial charge in [0.1, 0.15) is 6.04 Å². The largest absolute Gasteiger partial charge is 0.345 e. The van der Waals surface area contributed by atoms with Crippen LogP contribution in [0.2, 0.25) is 0 Å². The van der Waals surface area contributed by atoms with Gasteiger partial charge in [-0.25, -0.2) is 0 Å². The van der Waals surface area contributed by atoms with Crippen molar-refractivity contribution >= 4 is 11.8 Å². The molecule has 1 rings (SSSR count). The molecule has 2 atom stereocenters. The number of amides is 2. The summed E-state index contributed by atoms with van der Waals surface area (Å²) in [6.07, 6.45) is 4.37. The van der Waals surface area contributed by atoms with Gasteiger partial charge in [0.05, 0.1) is 0 Å². The molecule has 1 fully saturated rings. The molecule has 0 aliphatic carbocycles. The molecule has 0 saturated carbocycles. The van der Waals surface area contributed by atoms with Crippen LogP contribution in [0.3, 0.4) is 0 Å². The lowest BCUT2D eigenvalue weighted by atomic mass is 9.99. The second-order valence-electron chi connectivity index (χ2n) is 4.51. The third kappa shape index (κ3) is 3.22. The summed E-state index contributed by atoms with van der Waals surface area (Å²) in [5.74, 6) is -0.0901. The number of nitrogens with zero attached hydrogens (tertiary/aromatic N) is 1. The van der Waals surface area contributed by atoms with E-state index in [0.717, 1.165) is 25.8 Å². The molecule has 1 saturated heterocycles. The van der Waals surface area contributed by atoms with E-state index in [1.165, 1.54) is 13.3 Å². The highest BCUT2D eigenvalue weighted by molar-refractivity contribution is 5.86. The van der Waals surface area contributed by atoms with Crippen molar-refractivity contribution in [3.63, 3.8) is 0 Å². The Morgan fingerprint density at radius 1 is 1.44 bits per heavy atom. The van der Waals surface area contributed by atoms with Gasteiger partial charge in [0.25, 0.3) is 0 Å². The van der Waals surface area contributed by atoms with Crippen LogP contribution in [0.15, 0.2) is 0 Å². The quantitative estimate of drug-likeness (QED) is 0.788. The minimum absolute atomic E-state index is 0.0572. The van der Waals surface area contributed by atoms with Gasteiger partial charge < -0.3 is 10.2 Å². The fraction of sp³-hybridized carbons (Fsp3) is 0.833.